The zero-order valence-corrected chi connectivity index (χ0v) is 11.3. The maximum atomic E-state index is 12.5. The van der Waals surface area contributed by atoms with Crippen LogP contribution in [0.4, 0.5) is 0 Å². The molecular formula is C12H22N2OS. The molecule has 1 aliphatic rings. The molecule has 3 nitrogen and oxygen atoms in total. The molecule has 4 heteroatoms. The van der Waals surface area contributed by atoms with E-state index in [1.54, 1.807) is 0 Å². The molecule has 1 amide bonds. The first-order valence-electron chi connectivity index (χ1n) is 6.10. The molecule has 0 aromatic heterocycles. The molecule has 1 aliphatic carbocycles. The molecule has 0 aromatic carbocycles. The standard InChI is InChI=1S/C12H22N2OS/c1-4-9(3)14(5-2)11(15)12(10(13)16)7-6-8-12/h9H,4-8H2,1-3H3,(H2,13,16). The van der Waals surface area contributed by atoms with Gasteiger partial charge >= 0.3 is 0 Å². The van der Waals surface area contributed by atoms with Gasteiger partial charge in [-0.25, -0.2) is 0 Å². The summed E-state index contributed by atoms with van der Waals surface area (Å²) in [4.78, 5) is 14.8. The lowest BCUT2D eigenvalue weighted by molar-refractivity contribution is -0.143. The Kier molecular flexibility index (Phi) is 4.30. The molecule has 0 saturated heterocycles. The highest BCUT2D eigenvalue weighted by Gasteiger charge is 2.49. The smallest absolute Gasteiger partial charge is 0.235 e. The van der Waals surface area contributed by atoms with Crippen molar-refractivity contribution < 1.29 is 4.79 Å². The maximum absolute atomic E-state index is 12.5. The van der Waals surface area contributed by atoms with E-state index in [4.69, 9.17) is 18.0 Å². The van der Waals surface area contributed by atoms with E-state index in [2.05, 4.69) is 13.8 Å². The summed E-state index contributed by atoms with van der Waals surface area (Å²) >= 11 is 5.08. The quantitative estimate of drug-likeness (QED) is 0.751. The highest BCUT2D eigenvalue weighted by Crippen LogP contribution is 2.43. The Morgan fingerprint density at radius 2 is 2.06 bits per heavy atom. The topological polar surface area (TPSA) is 46.3 Å². The Morgan fingerprint density at radius 3 is 2.31 bits per heavy atom. The molecule has 0 spiro atoms. The third kappa shape index (κ3) is 2.08. The zero-order chi connectivity index (χ0) is 12.3. The van der Waals surface area contributed by atoms with Crippen molar-refractivity contribution in [1.29, 1.82) is 0 Å². The van der Waals surface area contributed by atoms with Gasteiger partial charge in [-0.2, -0.15) is 0 Å². The molecule has 1 unspecified atom stereocenters. The van der Waals surface area contributed by atoms with Gasteiger partial charge < -0.3 is 10.6 Å². The lowest BCUT2D eigenvalue weighted by Gasteiger charge is -2.44. The summed E-state index contributed by atoms with van der Waals surface area (Å²) in [7, 11) is 0. The van der Waals surface area contributed by atoms with E-state index in [9.17, 15) is 4.79 Å². The minimum Gasteiger partial charge on any atom is -0.392 e. The number of thiocarbonyl (C=S) groups is 1. The monoisotopic (exact) mass is 242 g/mol. The summed E-state index contributed by atoms with van der Waals surface area (Å²) in [5.74, 6) is 0.142. The van der Waals surface area contributed by atoms with Gasteiger partial charge in [-0.05, 0) is 33.1 Å². The molecule has 92 valence electrons. The molecule has 0 aliphatic heterocycles. The predicted molar refractivity (Wildman–Crippen MR) is 70.2 cm³/mol. The van der Waals surface area contributed by atoms with E-state index in [0.29, 0.717) is 4.99 Å². The minimum absolute atomic E-state index is 0.142. The number of carbonyl (C=O) groups excluding carboxylic acids is 1. The van der Waals surface area contributed by atoms with E-state index in [1.807, 2.05) is 11.8 Å². The van der Waals surface area contributed by atoms with Gasteiger partial charge in [0.2, 0.25) is 5.91 Å². The van der Waals surface area contributed by atoms with Gasteiger partial charge in [0.25, 0.3) is 0 Å². The summed E-state index contributed by atoms with van der Waals surface area (Å²) in [6, 6.07) is 0.268. The Bertz CT molecular complexity index is 287. The number of nitrogens with two attached hydrogens (primary N) is 1. The highest BCUT2D eigenvalue weighted by atomic mass is 32.1. The summed E-state index contributed by atoms with van der Waals surface area (Å²) in [5, 5.41) is 0. The van der Waals surface area contributed by atoms with Gasteiger partial charge in [0.15, 0.2) is 0 Å². The minimum atomic E-state index is -0.519. The van der Waals surface area contributed by atoms with Crippen LogP contribution in [0.1, 0.15) is 46.5 Å². The lowest BCUT2D eigenvalue weighted by Crippen LogP contribution is -2.56. The molecule has 1 fully saturated rings. The average molecular weight is 242 g/mol. The summed E-state index contributed by atoms with van der Waals surface area (Å²) in [6.45, 7) is 6.91. The number of amides is 1. The molecule has 1 rings (SSSR count). The third-order valence-corrected chi connectivity index (χ3v) is 4.20. The fourth-order valence-electron chi connectivity index (χ4n) is 2.25. The zero-order valence-electron chi connectivity index (χ0n) is 10.5. The first-order valence-corrected chi connectivity index (χ1v) is 6.51. The maximum Gasteiger partial charge on any atom is 0.235 e. The SMILES string of the molecule is CCC(C)N(CC)C(=O)C1(C(N)=S)CCC1. The van der Waals surface area contributed by atoms with Crippen molar-refractivity contribution in [1.82, 2.24) is 4.90 Å². The first kappa shape index (κ1) is 13.4. The summed E-state index contributed by atoms with van der Waals surface area (Å²) < 4.78 is 0. The molecule has 2 N–H and O–H groups in total. The van der Waals surface area contributed by atoms with Crippen molar-refractivity contribution in [3.8, 4) is 0 Å². The first-order chi connectivity index (χ1) is 7.49. The van der Waals surface area contributed by atoms with Gasteiger partial charge in [0, 0.05) is 12.6 Å². The molecule has 1 atom stereocenters. The van der Waals surface area contributed by atoms with Crippen LogP contribution in [0.2, 0.25) is 0 Å². The van der Waals surface area contributed by atoms with Gasteiger partial charge in [-0.3, -0.25) is 4.79 Å². The van der Waals surface area contributed by atoms with Crippen molar-refractivity contribution in [2.75, 3.05) is 6.54 Å². The van der Waals surface area contributed by atoms with Crippen LogP contribution in [0.25, 0.3) is 0 Å². The van der Waals surface area contributed by atoms with Crippen LogP contribution >= 0.6 is 12.2 Å². The van der Waals surface area contributed by atoms with E-state index in [0.717, 1.165) is 32.2 Å². The number of hydrogen-bond donors (Lipinski definition) is 1. The third-order valence-electron chi connectivity index (χ3n) is 3.81. The van der Waals surface area contributed by atoms with Crippen LogP contribution in [0.5, 0.6) is 0 Å². The van der Waals surface area contributed by atoms with Crippen LogP contribution in [0.3, 0.4) is 0 Å². The van der Waals surface area contributed by atoms with Crippen molar-refractivity contribution in [2.45, 2.75) is 52.5 Å². The number of hydrogen-bond acceptors (Lipinski definition) is 2. The van der Waals surface area contributed by atoms with Crippen molar-refractivity contribution in [2.24, 2.45) is 11.1 Å². The van der Waals surface area contributed by atoms with E-state index in [-0.39, 0.29) is 11.9 Å². The van der Waals surface area contributed by atoms with E-state index >= 15 is 0 Å². The number of rotatable bonds is 5. The molecule has 16 heavy (non-hydrogen) atoms. The average Bonchev–Trinajstić information content (AvgIpc) is 2.16. The summed E-state index contributed by atoms with van der Waals surface area (Å²) in [6.07, 6.45) is 3.68. The van der Waals surface area contributed by atoms with Crippen LogP contribution in [-0.4, -0.2) is 28.4 Å². The van der Waals surface area contributed by atoms with Gasteiger partial charge in [0.05, 0.1) is 10.4 Å². The van der Waals surface area contributed by atoms with Gasteiger partial charge in [-0.15, -0.1) is 0 Å². The molecule has 0 radical (unpaired) electrons. The van der Waals surface area contributed by atoms with Crippen LogP contribution in [0.15, 0.2) is 0 Å². The predicted octanol–water partition coefficient (Wildman–Crippen LogP) is 2.09. The Labute approximate surface area is 103 Å². The molecule has 1 saturated carbocycles. The largest absolute Gasteiger partial charge is 0.392 e. The highest BCUT2D eigenvalue weighted by molar-refractivity contribution is 7.80. The Hall–Kier alpha value is -0.640. The molecule has 0 heterocycles. The number of nitrogens with zero attached hydrogens (tertiary/aromatic N) is 1. The normalized spacial score (nSPS) is 19.7. The van der Waals surface area contributed by atoms with Crippen LogP contribution < -0.4 is 5.73 Å². The van der Waals surface area contributed by atoms with Crippen LogP contribution in [0, 0.1) is 5.41 Å². The second-order valence-corrected chi connectivity index (χ2v) is 5.09. The van der Waals surface area contributed by atoms with E-state index in [1.165, 1.54) is 0 Å². The second kappa shape index (κ2) is 5.13. The molecular weight excluding hydrogens is 220 g/mol. The van der Waals surface area contributed by atoms with Gasteiger partial charge in [0.1, 0.15) is 0 Å². The van der Waals surface area contributed by atoms with Crippen molar-refractivity contribution >= 4 is 23.1 Å². The fraction of sp³-hybridized carbons (Fsp3) is 0.833. The fourth-order valence-corrected chi connectivity index (χ4v) is 2.54. The summed E-state index contributed by atoms with van der Waals surface area (Å²) in [5.41, 5.74) is 5.23. The second-order valence-electron chi connectivity index (χ2n) is 4.65. The van der Waals surface area contributed by atoms with Crippen molar-refractivity contribution in [3.63, 3.8) is 0 Å². The lowest BCUT2D eigenvalue weighted by atomic mass is 9.67. The van der Waals surface area contributed by atoms with Gasteiger partial charge in [-0.1, -0.05) is 25.6 Å². The number of carbonyl (C=O) groups is 1. The molecule has 0 bridgehead atoms. The molecule has 0 aromatic rings. The Morgan fingerprint density at radius 1 is 1.50 bits per heavy atom. The Balaban J connectivity index is 2.85. The van der Waals surface area contributed by atoms with Crippen LogP contribution in [-0.2, 0) is 4.79 Å². The van der Waals surface area contributed by atoms with Crippen molar-refractivity contribution in [3.05, 3.63) is 0 Å². The van der Waals surface area contributed by atoms with E-state index < -0.39 is 5.41 Å².